The van der Waals surface area contributed by atoms with Crippen molar-refractivity contribution in [3.8, 4) is 5.75 Å². The standard InChI is InChI=1S/C23H30N2O7S/c1-15(2)31-22-7-6-19(33(28,29)25-9-11-30-12-10-25)14-21(22)24-23(27)8-5-18-13-20(16(3)26)17(4)32-18/h6-7,13-15H,5,8-12H2,1-4H3,(H,24,27). The number of ketones is 1. The van der Waals surface area contributed by atoms with Gasteiger partial charge in [0.05, 0.1) is 35.5 Å². The number of hydrogen-bond acceptors (Lipinski definition) is 7. The second-order valence-corrected chi connectivity index (χ2v) is 10.1. The SMILES string of the molecule is CC(=O)c1cc(CCC(=O)Nc2cc(S(=O)(=O)N3CCOCC3)ccc2OC(C)C)oc1C. The number of furan rings is 1. The molecule has 0 spiro atoms. The van der Waals surface area contributed by atoms with Gasteiger partial charge in [0, 0.05) is 25.9 Å². The molecule has 0 bridgehead atoms. The van der Waals surface area contributed by atoms with Crippen molar-refractivity contribution in [2.24, 2.45) is 0 Å². The zero-order chi connectivity index (χ0) is 24.2. The number of nitrogens with one attached hydrogen (secondary N) is 1. The summed E-state index contributed by atoms with van der Waals surface area (Å²) in [7, 11) is -3.73. The molecule has 9 nitrogen and oxygen atoms in total. The number of rotatable bonds is 9. The Morgan fingerprint density at radius 2 is 1.88 bits per heavy atom. The summed E-state index contributed by atoms with van der Waals surface area (Å²) in [5.41, 5.74) is 0.780. The first kappa shape index (κ1) is 24.9. The molecule has 2 aromatic rings. The largest absolute Gasteiger partial charge is 0.489 e. The van der Waals surface area contributed by atoms with E-state index in [1.54, 1.807) is 19.1 Å². The van der Waals surface area contributed by atoms with Crippen LogP contribution >= 0.6 is 0 Å². The summed E-state index contributed by atoms with van der Waals surface area (Å²) < 4.78 is 44.0. The van der Waals surface area contributed by atoms with Gasteiger partial charge in [-0.15, -0.1) is 0 Å². The lowest BCUT2D eigenvalue weighted by atomic mass is 10.1. The molecule has 1 saturated heterocycles. The van der Waals surface area contributed by atoms with Crippen molar-refractivity contribution in [2.45, 2.75) is 51.5 Å². The first-order valence-electron chi connectivity index (χ1n) is 10.9. The number of ether oxygens (including phenoxy) is 2. The van der Waals surface area contributed by atoms with Crippen LogP contribution in [-0.4, -0.2) is 56.8 Å². The summed E-state index contributed by atoms with van der Waals surface area (Å²) in [5, 5.41) is 2.77. The van der Waals surface area contributed by atoms with Gasteiger partial charge in [-0.25, -0.2) is 8.42 Å². The molecule has 1 aliphatic rings. The zero-order valence-corrected chi connectivity index (χ0v) is 20.2. The monoisotopic (exact) mass is 478 g/mol. The van der Waals surface area contributed by atoms with Crippen LogP contribution in [0.3, 0.4) is 0 Å². The lowest BCUT2D eigenvalue weighted by molar-refractivity contribution is -0.116. The van der Waals surface area contributed by atoms with Gasteiger partial charge >= 0.3 is 0 Å². The minimum Gasteiger partial charge on any atom is -0.489 e. The molecule has 0 atom stereocenters. The lowest BCUT2D eigenvalue weighted by Gasteiger charge is -2.26. The van der Waals surface area contributed by atoms with Crippen molar-refractivity contribution in [2.75, 3.05) is 31.6 Å². The molecule has 1 aromatic heterocycles. The number of carbonyl (C=O) groups excluding carboxylic acids is 2. The van der Waals surface area contributed by atoms with Gasteiger partial charge in [-0.3, -0.25) is 9.59 Å². The number of nitrogens with zero attached hydrogens (tertiary/aromatic N) is 1. The summed E-state index contributed by atoms with van der Waals surface area (Å²) in [6.07, 6.45) is 0.219. The third kappa shape index (κ3) is 6.21. The van der Waals surface area contributed by atoms with Crippen molar-refractivity contribution in [3.63, 3.8) is 0 Å². The number of hydrogen-bond donors (Lipinski definition) is 1. The van der Waals surface area contributed by atoms with Crippen LogP contribution in [0.4, 0.5) is 5.69 Å². The molecule has 0 saturated carbocycles. The fourth-order valence-electron chi connectivity index (χ4n) is 3.53. The van der Waals surface area contributed by atoms with Gasteiger partial charge in [-0.1, -0.05) is 0 Å². The minimum atomic E-state index is -3.73. The molecule has 0 aliphatic carbocycles. The molecule has 1 aromatic carbocycles. The number of Topliss-reactive ketones (excluding diaryl/α,β-unsaturated/α-hetero) is 1. The first-order valence-corrected chi connectivity index (χ1v) is 12.3. The number of carbonyl (C=O) groups is 2. The highest BCUT2D eigenvalue weighted by Crippen LogP contribution is 2.30. The Kier molecular flexibility index (Phi) is 7.93. The van der Waals surface area contributed by atoms with Crippen LogP contribution in [0, 0.1) is 6.92 Å². The maximum atomic E-state index is 13.0. The molecule has 1 N–H and O–H groups in total. The van der Waals surface area contributed by atoms with E-state index in [4.69, 9.17) is 13.9 Å². The number of benzene rings is 1. The number of sulfonamides is 1. The predicted molar refractivity (Wildman–Crippen MR) is 122 cm³/mol. The topological polar surface area (TPSA) is 115 Å². The molecule has 0 unspecified atom stereocenters. The highest BCUT2D eigenvalue weighted by molar-refractivity contribution is 7.89. The summed E-state index contributed by atoms with van der Waals surface area (Å²) in [6.45, 7) is 8.09. The average Bonchev–Trinajstić information content (AvgIpc) is 3.14. The quantitative estimate of drug-likeness (QED) is 0.551. The molecule has 10 heteroatoms. The Balaban J connectivity index is 1.77. The smallest absolute Gasteiger partial charge is 0.243 e. The highest BCUT2D eigenvalue weighted by atomic mass is 32.2. The first-order chi connectivity index (χ1) is 15.6. The van der Waals surface area contributed by atoms with Crippen molar-refractivity contribution >= 4 is 27.4 Å². The predicted octanol–water partition coefficient (Wildman–Crippen LogP) is 3.17. The van der Waals surface area contributed by atoms with Crippen LogP contribution in [0.5, 0.6) is 5.75 Å². The Bertz CT molecular complexity index is 1120. The highest BCUT2D eigenvalue weighted by Gasteiger charge is 2.27. The van der Waals surface area contributed by atoms with Crippen LogP contribution in [0.1, 0.15) is 49.1 Å². The molecule has 180 valence electrons. The van der Waals surface area contributed by atoms with E-state index < -0.39 is 10.0 Å². The molecule has 1 aliphatic heterocycles. The summed E-state index contributed by atoms with van der Waals surface area (Å²) in [5.74, 6) is 1.01. The van der Waals surface area contributed by atoms with Crippen molar-refractivity contribution < 1.29 is 31.9 Å². The van der Waals surface area contributed by atoms with Crippen LogP contribution < -0.4 is 10.1 Å². The molecule has 3 rings (SSSR count). The Hall–Kier alpha value is -2.69. The average molecular weight is 479 g/mol. The fourth-order valence-corrected chi connectivity index (χ4v) is 4.96. The van der Waals surface area contributed by atoms with E-state index in [0.29, 0.717) is 42.5 Å². The minimum absolute atomic E-state index is 0.0727. The maximum absolute atomic E-state index is 13.0. The second kappa shape index (κ2) is 10.5. The fraction of sp³-hybridized carbons (Fsp3) is 0.478. The van der Waals surface area contributed by atoms with E-state index in [1.807, 2.05) is 13.8 Å². The molecule has 1 fully saturated rings. The van der Waals surface area contributed by atoms with Gasteiger partial charge in [-0.2, -0.15) is 4.31 Å². The summed E-state index contributed by atoms with van der Waals surface area (Å²) >= 11 is 0. The van der Waals surface area contributed by atoms with Gasteiger partial charge < -0.3 is 19.2 Å². The van der Waals surface area contributed by atoms with Gasteiger partial charge in [0.1, 0.15) is 17.3 Å². The van der Waals surface area contributed by atoms with E-state index in [2.05, 4.69) is 5.32 Å². The molecule has 2 heterocycles. The van der Waals surface area contributed by atoms with Crippen molar-refractivity contribution in [3.05, 3.63) is 41.3 Å². The number of amides is 1. The van der Waals surface area contributed by atoms with Crippen LogP contribution in [-0.2, 0) is 26.0 Å². The van der Waals surface area contributed by atoms with Gasteiger partial charge in [0.25, 0.3) is 0 Å². The van der Waals surface area contributed by atoms with E-state index in [0.717, 1.165) is 0 Å². The van der Waals surface area contributed by atoms with Gasteiger partial charge in [0.2, 0.25) is 15.9 Å². The Morgan fingerprint density at radius 3 is 2.48 bits per heavy atom. The Labute approximate surface area is 194 Å². The Morgan fingerprint density at radius 1 is 1.18 bits per heavy atom. The maximum Gasteiger partial charge on any atom is 0.243 e. The number of anilines is 1. The van der Waals surface area contributed by atoms with Gasteiger partial charge in [0.15, 0.2) is 5.78 Å². The lowest BCUT2D eigenvalue weighted by Crippen LogP contribution is -2.40. The molecule has 1 amide bonds. The van der Waals surface area contributed by atoms with E-state index in [9.17, 15) is 18.0 Å². The summed E-state index contributed by atoms with van der Waals surface area (Å²) in [6, 6.07) is 6.10. The van der Waals surface area contributed by atoms with Crippen molar-refractivity contribution in [1.82, 2.24) is 4.31 Å². The molecular weight excluding hydrogens is 448 g/mol. The molecular formula is C23H30N2O7S. The van der Waals surface area contributed by atoms with Crippen molar-refractivity contribution in [1.29, 1.82) is 0 Å². The number of aryl methyl sites for hydroxylation is 2. The van der Waals surface area contributed by atoms with Gasteiger partial charge in [-0.05, 0) is 52.0 Å². The van der Waals surface area contributed by atoms with Crippen LogP contribution in [0.15, 0.2) is 33.6 Å². The van der Waals surface area contributed by atoms with E-state index in [-0.39, 0.29) is 47.9 Å². The molecule has 0 radical (unpaired) electrons. The van der Waals surface area contributed by atoms with Crippen LogP contribution in [0.25, 0.3) is 0 Å². The number of morpholine rings is 1. The second-order valence-electron chi connectivity index (χ2n) is 8.13. The summed E-state index contributed by atoms with van der Waals surface area (Å²) in [4.78, 5) is 24.3. The third-order valence-corrected chi connectivity index (χ3v) is 7.04. The third-order valence-electron chi connectivity index (χ3n) is 5.14. The van der Waals surface area contributed by atoms with E-state index >= 15 is 0 Å². The zero-order valence-electron chi connectivity index (χ0n) is 19.3. The normalized spacial score (nSPS) is 14.9. The van der Waals surface area contributed by atoms with E-state index in [1.165, 1.54) is 23.4 Å². The molecule has 33 heavy (non-hydrogen) atoms. The van der Waals surface area contributed by atoms with Crippen LogP contribution in [0.2, 0.25) is 0 Å².